The Morgan fingerprint density at radius 2 is 1.78 bits per heavy atom. The number of nitrogens with zero attached hydrogens (tertiary/aromatic N) is 1. The Labute approximate surface area is 124 Å². The molecule has 0 unspecified atom stereocenters. The summed E-state index contributed by atoms with van der Waals surface area (Å²) in [5.41, 5.74) is 1.69. The monoisotopic (exact) mass is 321 g/mol. The van der Waals surface area contributed by atoms with Gasteiger partial charge in [0.1, 0.15) is 5.15 Å². The van der Waals surface area contributed by atoms with E-state index in [4.69, 9.17) is 51.5 Å². The second-order valence-corrected chi connectivity index (χ2v) is 5.13. The van der Waals surface area contributed by atoms with Gasteiger partial charge in [0, 0.05) is 16.1 Å². The molecule has 0 atom stereocenters. The predicted molar refractivity (Wildman–Crippen MR) is 75.6 cm³/mol. The van der Waals surface area contributed by atoms with Crippen LogP contribution in [0.25, 0.3) is 11.3 Å². The van der Waals surface area contributed by atoms with Crippen LogP contribution >= 0.6 is 46.4 Å². The molecule has 18 heavy (non-hydrogen) atoms. The van der Waals surface area contributed by atoms with Gasteiger partial charge in [-0.1, -0.05) is 52.5 Å². The van der Waals surface area contributed by atoms with Crippen molar-refractivity contribution in [3.05, 3.63) is 50.0 Å². The number of pyridine rings is 1. The molecule has 0 aliphatic carbocycles. The maximum Gasteiger partial charge on any atom is 0.135 e. The van der Waals surface area contributed by atoms with Crippen molar-refractivity contribution in [3.8, 4) is 11.3 Å². The molecule has 0 radical (unpaired) electrons. The van der Waals surface area contributed by atoms with Crippen LogP contribution in [0.15, 0.2) is 24.3 Å². The molecule has 1 N–H and O–H groups in total. The number of hydrogen-bond donors (Lipinski definition) is 1. The number of hydrogen-bond acceptors (Lipinski definition) is 2. The fourth-order valence-corrected chi connectivity index (χ4v) is 2.39. The van der Waals surface area contributed by atoms with Crippen LogP contribution in [0.1, 0.15) is 5.56 Å². The third-order valence-electron chi connectivity index (χ3n) is 2.37. The number of rotatable bonds is 2. The van der Waals surface area contributed by atoms with E-state index in [0.717, 1.165) is 0 Å². The molecule has 1 heterocycles. The number of halogens is 4. The van der Waals surface area contributed by atoms with E-state index < -0.39 is 0 Å². The van der Waals surface area contributed by atoms with Gasteiger partial charge in [0.25, 0.3) is 0 Å². The molecule has 2 nitrogen and oxygen atoms in total. The molecule has 0 aliphatic heterocycles. The first-order chi connectivity index (χ1) is 8.52. The lowest BCUT2D eigenvalue weighted by atomic mass is 10.1. The molecular weight excluding hydrogens is 316 g/mol. The zero-order valence-corrected chi connectivity index (χ0v) is 11.9. The minimum Gasteiger partial charge on any atom is -0.392 e. The van der Waals surface area contributed by atoms with Gasteiger partial charge < -0.3 is 5.11 Å². The summed E-state index contributed by atoms with van der Waals surface area (Å²) in [6.07, 6.45) is 0. The second kappa shape index (κ2) is 5.64. The number of aromatic nitrogens is 1. The lowest BCUT2D eigenvalue weighted by Gasteiger charge is -2.08. The van der Waals surface area contributed by atoms with Crippen LogP contribution < -0.4 is 0 Å². The van der Waals surface area contributed by atoms with E-state index in [-0.39, 0.29) is 11.8 Å². The summed E-state index contributed by atoms with van der Waals surface area (Å²) in [5.74, 6) is 0. The molecule has 0 fully saturated rings. The zero-order chi connectivity index (χ0) is 13.3. The average molecular weight is 323 g/mol. The van der Waals surface area contributed by atoms with Crippen molar-refractivity contribution in [1.29, 1.82) is 0 Å². The lowest BCUT2D eigenvalue weighted by Crippen LogP contribution is -1.92. The lowest BCUT2D eigenvalue weighted by molar-refractivity contribution is 0.281. The minimum atomic E-state index is -0.170. The van der Waals surface area contributed by atoms with E-state index in [2.05, 4.69) is 4.98 Å². The van der Waals surface area contributed by atoms with Gasteiger partial charge in [-0.05, 0) is 18.2 Å². The fraction of sp³-hybridized carbons (Fsp3) is 0.0833. The number of aliphatic hydroxyl groups is 1. The van der Waals surface area contributed by atoms with Crippen LogP contribution in [0.3, 0.4) is 0 Å². The molecule has 0 amide bonds. The molecular formula is C12H7Cl4NO. The molecule has 2 aromatic rings. The van der Waals surface area contributed by atoms with Crippen molar-refractivity contribution in [2.75, 3.05) is 0 Å². The quantitative estimate of drug-likeness (QED) is 0.633. The van der Waals surface area contributed by atoms with Crippen LogP contribution in [-0.2, 0) is 6.61 Å². The van der Waals surface area contributed by atoms with Crippen molar-refractivity contribution in [2.24, 2.45) is 0 Å². The molecule has 0 aliphatic rings. The Morgan fingerprint density at radius 1 is 1.06 bits per heavy atom. The first-order valence-electron chi connectivity index (χ1n) is 4.94. The van der Waals surface area contributed by atoms with Crippen LogP contribution in [0.5, 0.6) is 0 Å². The van der Waals surface area contributed by atoms with Crippen molar-refractivity contribution in [1.82, 2.24) is 4.98 Å². The summed E-state index contributed by atoms with van der Waals surface area (Å²) in [6, 6.07) is 6.59. The second-order valence-electron chi connectivity index (χ2n) is 3.55. The van der Waals surface area contributed by atoms with Crippen molar-refractivity contribution < 1.29 is 5.11 Å². The topological polar surface area (TPSA) is 33.1 Å². The Balaban J connectivity index is 2.58. The van der Waals surface area contributed by atoms with Gasteiger partial charge in [0.05, 0.1) is 22.3 Å². The summed E-state index contributed by atoms with van der Waals surface area (Å²) in [7, 11) is 0. The Morgan fingerprint density at radius 3 is 2.39 bits per heavy atom. The molecule has 2 rings (SSSR count). The summed E-state index contributed by atoms with van der Waals surface area (Å²) in [6.45, 7) is -0.170. The highest BCUT2D eigenvalue weighted by atomic mass is 35.5. The summed E-state index contributed by atoms with van der Waals surface area (Å²) in [5, 5.41) is 10.4. The van der Waals surface area contributed by atoms with Gasteiger partial charge in [-0.3, -0.25) is 0 Å². The normalized spacial score (nSPS) is 10.7. The van der Waals surface area contributed by atoms with Gasteiger partial charge in [-0.25, -0.2) is 4.98 Å². The SMILES string of the molecule is OCc1ccc(-c2cc(Cl)cc(Cl)c2Cl)nc1Cl. The van der Waals surface area contributed by atoms with Crippen molar-refractivity contribution in [3.63, 3.8) is 0 Å². The zero-order valence-electron chi connectivity index (χ0n) is 8.92. The molecule has 6 heteroatoms. The predicted octanol–water partition coefficient (Wildman–Crippen LogP) is 4.85. The largest absolute Gasteiger partial charge is 0.392 e. The summed E-state index contributed by atoms with van der Waals surface area (Å²) < 4.78 is 0. The first kappa shape index (κ1) is 13.9. The molecule has 94 valence electrons. The van der Waals surface area contributed by atoms with Crippen LogP contribution in [0.2, 0.25) is 20.2 Å². The molecule has 1 aromatic carbocycles. The number of benzene rings is 1. The summed E-state index contributed by atoms with van der Waals surface area (Å²) >= 11 is 23.9. The first-order valence-corrected chi connectivity index (χ1v) is 6.45. The average Bonchev–Trinajstić information content (AvgIpc) is 2.33. The van der Waals surface area contributed by atoms with Crippen molar-refractivity contribution in [2.45, 2.75) is 6.61 Å². The molecule has 1 aromatic heterocycles. The Hall–Kier alpha value is -0.510. The minimum absolute atomic E-state index is 0.170. The molecule has 0 saturated heterocycles. The molecule has 0 bridgehead atoms. The van der Waals surface area contributed by atoms with Crippen molar-refractivity contribution >= 4 is 46.4 Å². The van der Waals surface area contributed by atoms with Gasteiger partial charge >= 0.3 is 0 Å². The van der Waals surface area contributed by atoms with Gasteiger partial charge in [0.15, 0.2) is 0 Å². The highest BCUT2D eigenvalue weighted by Gasteiger charge is 2.12. The standard InChI is InChI=1S/C12H7Cl4NO/c13-7-3-8(11(15)9(14)4-7)10-2-1-6(5-18)12(16)17-10/h1-4,18H,5H2. The van der Waals surface area contributed by atoms with Crippen LogP contribution in [0.4, 0.5) is 0 Å². The maximum atomic E-state index is 9.03. The van der Waals surface area contributed by atoms with Crippen LogP contribution in [0, 0.1) is 0 Å². The maximum absolute atomic E-state index is 9.03. The van der Waals surface area contributed by atoms with Crippen LogP contribution in [-0.4, -0.2) is 10.1 Å². The fourth-order valence-electron chi connectivity index (χ4n) is 1.47. The van der Waals surface area contributed by atoms with Gasteiger partial charge in [-0.2, -0.15) is 0 Å². The number of aliphatic hydroxyl groups excluding tert-OH is 1. The highest BCUT2D eigenvalue weighted by Crippen LogP contribution is 2.36. The van der Waals surface area contributed by atoms with E-state index in [1.807, 2.05) is 0 Å². The highest BCUT2D eigenvalue weighted by molar-refractivity contribution is 6.45. The Bertz CT molecular complexity index is 601. The van der Waals surface area contributed by atoms with Gasteiger partial charge in [-0.15, -0.1) is 0 Å². The smallest absolute Gasteiger partial charge is 0.135 e. The Kier molecular flexibility index (Phi) is 4.36. The van der Waals surface area contributed by atoms with E-state index in [1.165, 1.54) is 0 Å². The van der Waals surface area contributed by atoms with E-state index in [1.54, 1.807) is 24.3 Å². The third kappa shape index (κ3) is 2.73. The third-order valence-corrected chi connectivity index (χ3v) is 3.71. The summed E-state index contributed by atoms with van der Waals surface area (Å²) in [4.78, 5) is 4.16. The van der Waals surface area contributed by atoms with E-state index in [0.29, 0.717) is 31.9 Å². The molecule has 0 spiro atoms. The van der Waals surface area contributed by atoms with E-state index >= 15 is 0 Å². The van der Waals surface area contributed by atoms with Gasteiger partial charge in [0.2, 0.25) is 0 Å². The van der Waals surface area contributed by atoms with E-state index in [9.17, 15) is 0 Å². The molecule has 0 saturated carbocycles.